The van der Waals surface area contributed by atoms with Gasteiger partial charge in [0.15, 0.2) is 5.96 Å². The Labute approximate surface area is 173 Å². The molecule has 158 valence electrons. The molecule has 0 amide bonds. The molecule has 1 saturated heterocycles. The van der Waals surface area contributed by atoms with Gasteiger partial charge in [-0.05, 0) is 25.1 Å². The summed E-state index contributed by atoms with van der Waals surface area (Å²) < 4.78 is 16.8. The fourth-order valence-electron chi connectivity index (χ4n) is 3.15. The van der Waals surface area contributed by atoms with E-state index in [2.05, 4.69) is 28.5 Å². The zero-order chi connectivity index (χ0) is 20.2. The van der Waals surface area contributed by atoms with Crippen molar-refractivity contribution >= 4 is 5.96 Å². The molecular weight excluding hydrogens is 368 g/mol. The molecule has 1 fully saturated rings. The third-order valence-corrected chi connectivity index (χ3v) is 4.74. The number of ether oxygens (including phenoxy) is 2. The molecule has 7 nitrogen and oxygen atoms in total. The van der Waals surface area contributed by atoms with Gasteiger partial charge in [0.25, 0.3) is 0 Å². The second-order valence-electron chi connectivity index (χ2n) is 6.86. The number of para-hydroxylation sites is 1. The largest absolute Gasteiger partial charge is 0.492 e. The Balaban J connectivity index is 1.49. The number of hydrogen-bond acceptors (Lipinski definition) is 5. The summed E-state index contributed by atoms with van der Waals surface area (Å²) in [5.74, 6) is 2.66. The SMILES string of the molecule is CCNC(=NCc1ccccc1OCCN1CCOCC1)NCCc1ccco1. The first-order valence-electron chi connectivity index (χ1n) is 10.4. The van der Waals surface area contributed by atoms with Gasteiger partial charge in [-0.15, -0.1) is 0 Å². The Morgan fingerprint density at radius 3 is 2.79 bits per heavy atom. The molecule has 0 saturated carbocycles. The maximum atomic E-state index is 6.06. The maximum absolute atomic E-state index is 6.06. The lowest BCUT2D eigenvalue weighted by Crippen LogP contribution is -2.38. The minimum absolute atomic E-state index is 0.559. The van der Waals surface area contributed by atoms with Crippen molar-refractivity contribution < 1.29 is 13.9 Å². The number of hydrogen-bond donors (Lipinski definition) is 2. The number of nitrogens with zero attached hydrogens (tertiary/aromatic N) is 2. The Hall–Kier alpha value is -2.51. The highest BCUT2D eigenvalue weighted by atomic mass is 16.5. The van der Waals surface area contributed by atoms with Crippen LogP contribution in [0.2, 0.25) is 0 Å². The van der Waals surface area contributed by atoms with Gasteiger partial charge in [0.05, 0.1) is 26.0 Å². The standard InChI is InChI=1S/C22H32N4O3/c1-2-23-22(24-10-9-20-7-5-14-28-20)25-18-19-6-3-4-8-21(19)29-17-13-26-11-15-27-16-12-26/h3-8,14H,2,9-13,15-18H2,1H3,(H2,23,24,25). The van der Waals surface area contributed by atoms with E-state index in [0.29, 0.717) is 13.2 Å². The molecule has 0 spiro atoms. The molecule has 29 heavy (non-hydrogen) atoms. The smallest absolute Gasteiger partial charge is 0.191 e. The lowest BCUT2D eigenvalue weighted by atomic mass is 10.2. The Bertz CT molecular complexity index is 727. The summed E-state index contributed by atoms with van der Waals surface area (Å²) in [6.07, 6.45) is 2.52. The zero-order valence-corrected chi connectivity index (χ0v) is 17.2. The van der Waals surface area contributed by atoms with Crippen LogP contribution in [0.3, 0.4) is 0 Å². The number of morpholine rings is 1. The first kappa shape index (κ1) is 21.2. The molecule has 2 heterocycles. The van der Waals surface area contributed by atoms with Gasteiger partial charge in [0, 0.05) is 44.7 Å². The number of nitrogens with one attached hydrogen (secondary N) is 2. The fourth-order valence-corrected chi connectivity index (χ4v) is 3.15. The Morgan fingerprint density at radius 1 is 1.14 bits per heavy atom. The van der Waals surface area contributed by atoms with Crippen LogP contribution in [0.1, 0.15) is 18.2 Å². The number of furan rings is 1. The molecule has 0 aliphatic carbocycles. The molecule has 1 aromatic carbocycles. The molecule has 0 unspecified atom stereocenters. The molecule has 0 radical (unpaired) electrons. The second-order valence-corrected chi connectivity index (χ2v) is 6.86. The van der Waals surface area contributed by atoms with Gasteiger partial charge in [0.1, 0.15) is 18.1 Å². The first-order chi connectivity index (χ1) is 14.3. The summed E-state index contributed by atoms with van der Waals surface area (Å²) in [5, 5.41) is 6.64. The molecule has 1 aromatic heterocycles. The summed E-state index contributed by atoms with van der Waals surface area (Å²) in [6.45, 7) is 9.35. The zero-order valence-electron chi connectivity index (χ0n) is 17.2. The van der Waals surface area contributed by atoms with Crippen LogP contribution in [0, 0.1) is 0 Å². The van der Waals surface area contributed by atoms with Crippen LogP contribution in [-0.4, -0.2) is 63.4 Å². The van der Waals surface area contributed by atoms with Crippen LogP contribution in [0.25, 0.3) is 0 Å². The van der Waals surface area contributed by atoms with Crippen molar-refractivity contribution in [3.8, 4) is 5.75 Å². The molecule has 1 aliphatic heterocycles. The highest BCUT2D eigenvalue weighted by Gasteiger charge is 2.10. The van der Waals surface area contributed by atoms with Crippen LogP contribution in [-0.2, 0) is 17.7 Å². The van der Waals surface area contributed by atoms with Crippen LogP contribution < -0.4 is 15.4 Å². The van der Waals surface area contributed by atoms with E-state index in [4.69, 9.17) is 18.9 Å². The average molecular weight is 401 g/mol. The van der Waals surface area contributed by atoms with E-state index in [1.165, 1.54) is 0 Å². The molecule has 3 rings (SSSR count). The monoisotopic (exact) mass is 400 g/mol. The van der Waals surface area contributed by atoms with Crippen LogP contribution in [0.15, 0.2) is 52.1 Å². The Kier molecular flexibility index (Phi) is 8.88. The van der Waals surface area contributed by atoms with Gasteiger partial charge in [-0.1, -0.05) is 18.2 Å². The lowest BCUT2D eigenvalue weighted by Gasteiger charge is -2.26. The van der Waals surface area contributed by atoms with Gasteiger partial charge < -0.3 is 24.5 Å². The highest BCUT2D eigenvalue weighted by molar-refractivity contribution is 5.79. The van der Waals surface area contributed by atoms with E-state index >= 15 is 0 Å². The number of benzene rings is 1. The van der Waals surface area contributed by atoms with E-state index in [1.54, 1.807) is 6.26 Å². The summed E-state index contributed by atoms with van der Waals surface area (Å²) in [7, 11) is 0. The minimum Gasteiger partial charge on any atom is -0.492 e. The van der Waals surface area contributed by atoms with Crippen molar-refractivity contribution in [1.29, 1.82) is 0 Å². The third kappa shape index (κ3) is 7.44. The molecular formula is C22H32N4O3. The van der Waals surface area contributed by atoms with Crippen molar-refractivity contribution in [3.05, 3.63) is 54.0 Å². The lowest BCUT2D eigenvalue weighted by molar-refractivity contribution is 0.0322. The van der Waals surface area contributed by atoms with Crippen LogP contribution in [0.4, 0.5) is 0 Å². The average Bonchev–Trinajstić information content (AvgIpc) is 3.27. The third-order valence-electron chi connectivity index (χ3n) is 4.74. The second kappa shape index (κ2) is 12.1. The number of rotatable bonds is 10. The van der Waals surface area contributed by atoms with Gasteiger partial charge in [-0.25, -0.2) is 4.99 Å². The predicted octanol–water partition coefficient (Wildman–Crippen LogP) is 2.29. The molecule has 0 atom stereocenters. The maximum Gasteiger partial charge on any atom is 0.191 e. The van der Waals surface area contributed by atoms with Crippen LogP contribution >= 0.6 is 0 Å². The van der Waals surface area contributed by atoms with Crippen LogP contribution in [0.5, 0.6) is 5.75 Å². The van der Waals surface area contributed by atoms with E-state index in [-0.39, 0.29) is 0 Å². The summed E-state index contributed by atoms with van der Waals surface area (Å²) in [5.41, 5.74) is 1.08. The van der Waals surface area contributed by atoms with Gasteiger partial charge in [-0.3, -0.25) is 4.90 Å². The molecule has 1 aliphatic rings. The van der Waals surface area contributed by atoms with E-state index in [1.807, 2.05) is 30.3 Å². The van der Waals surface area contributed by atoms with E-state index < -0.39 is 0 Å². The predicted molar refractivity (Wildman–Crippen MR) is 114 cm³/mol. The number of guanidine groups is 1. The molecule has 2 N–H and O–H groups in total. The topological polar surface area (TPSA) is 71.3 Å². The molecule has 7 heteroatoms. The van der Waals surface area contributed by atoms with Crippen molar-refractivity contribution in [2.75, 3.05) is 52.5 Å². The van der Waals surface area contributed by atoms with Crippen molar-refractivity contribution in [2.24, 2.45) is 4.99 Å². The van der Waals surface area contributed by atoms with Gasteiger partial charge in [0.2, 0.25) is 0 Å². The summed E-state index contributed by atoms with van der Waals surface area (Å²) >= 11 is 0. The fraction of sp³-hybridized carbons (Fsp3) is 0.500. The minimum atomic E-state index is 0.559. The van der Waals surface area contributed by atoms with Crippen molar-refractivity contribution in [1.82, 2.24) is 15.5 Å². The normalized spacial score (nSPS) is 15.3. The number of aliphatic imine (C=N–C) groups is 1. The van der Waals surface area contributed by atoms with Crippen molar-refractivity contribution in [2.45, 2.75) is 19.9 Å². The highest BCUT2D eigenvalue weighted by Crippen LogP contribution is 2.19. The quantitative estimate of drug-likeness (QED) is 0.471. The summed E-state index contributed by atoms with van der Waals surface area (Å²) in [6, 6.07) is 12.0. The summed E-state index contributed by atoms with van der Waals surface area (Å²) in [4.78, 5) is 7.09. The van der Waals surface area contributed by atoms with Gasteiger partial charge >= 0.3 is 0 Å². The van der Waals surface area contributed by atoms with E-state index in [9.17, 15) is 0 Å². The first-order valence-corrected chi connectivity index (χ1v) is 10.4. The van der Waals surface area contributed by atoms with E-state index in [0.717, 1.165) is 75.4 Å². The Morgan fingerprint density at radius 2 is 2.00 bits per heavy atom. The van der Waals surface area contributed by atoms with Gasteiger partial charge in [-0.2, -0.15) is 0 Å². The molecule has 2 aromatic rings. The van der Waals surface area contributed by atoms with Crippen molar-refractivity contribution in [3.63, 3.8) is 0 Å². The molecule has 0 bridgehead atoms.